The van der Waals surface area contributed by atoms with Crippen LogP contribution in [0.4, 0.5) is 0 Å². The number of benzene rings is 1. The SMILES string of the molecule is c1ccc(O[SiH2]OCC2CCCCC2)cc1. The Hall–Kier alpha value is -0.803. The van der Waals surface area contributed by atoms with Gasteiger partial charge in [0.1, 0.15) is 5.75 Å². The molecular weight excluding hydrogens is 216 g/mol. The maximum atomic E-state index is 5.69. The van der Waals surface area contributed by atoms with Crippen LogP contribution in [0.15, 0.2) is 30.3 Å². The second-order valence-electron chi connectivity index (χ2n) is 4.45. The van der Waals surface area contributed by atoms with Crippen LogP contribution in [0.2, 0.25) is 0 Å². The highest BCUT2D eigenvalue weighted by molar-refractivity contribution is 6.19. The summed E-state index contributed by atoms with van der Waals surface area (Å²) in [4.78, 5) is 0. The molecule has 1 fully saturated rings. The summed E-state index contributed by atoms with van der Waals surface area (Å²) in [5.41, 5.74) is 0. The van der Waals surface area contributed by atoms with Crippen LogP contribution in [0.25, 0.3) is 0 Å². The molecule has 0 bridgehead atoms. The smallest absolute Gasteiger partial charge is 0.365 e. The van der Waals surface area contributed by atoms with E-state index in [1.807, 2.05) is 30.3 Å². The van der Waals surface area contributed by atoms with Gasteiger partial charge in [0.25, 0.3) is 0 Å². The van der Waals surface area contributed by atoms with Gasteiger partial charge in [-0.05, 0) is 30.9 Å². The number of para-hydroxylation sites is 1. The molecule has 0 saturated heterocycles. The van der Waals surface area contributed by atoms with Crippen LogP contribution < -0.4 is 4.43 Å². The molecule has 0 spiro atoms. The van der Waals surface area contributed by atoms with Crippen molar-refractivity contribution < 1.29 is 8.85 Å². The van der Waals surface area contributed by atoms with E-state index in [1.165, 1.54) is 32.1 Å². The van der Waals surface area contributed by atoms with E-state index in [2.05, 4.69) is 0 Å². The fourth-order valence-corrected chi connectivity index (χ4v) is 3.04. The second kappa shape index (κ2) is 6.71. The molecule has 1 aromatic carbocycles. The first-order valence-electron chi connectivity index (χ1n) is 6.21. The Labute approximate surface area is 100 Å². The molecule has 1 aliphatic rings. The van der Waals surface area contributed by atoms with Crippen LogP contribution >= 0.6 is 0 Å². The molecule has 1 aliphatic carbocycles. The third-order valence-corrected chi connectivity index (χ3v) is 3.98. The predicted octanol–water partition coefficient (Wildman–Crippen LogP) is 2.66. The number of hydrogen-bond donors (Lipinski definition) is 0. The molecule has 0 aromatic heterocycles. The highest BCUT2D eigenvalue weighted by Crippen LogP contribution is 2.23. The molecule has 88 valence electrons. The molecule has 0 radical (unpaired) electrons. The van der Waals surface area contributed by atoms with Crippen molar-refractivity contribution in [3.8, 4) is 5.75 Å². The summed E-state index contributed by atoms with van der Waals surface area (Å²) in [6.07, 6.45) is 6.87. The van der Waals surface area contributed by atoms with Gasteiger partial charge in [0.15, 0.2) is 0 Å². The van der Waals surface area contributed by atoms with E-state index in [0.717, 1.165) is 18.3 Å². The molecule has 0 unspecified atom stereocenters. The van der Waals surface area contributed by atoms with Crippen LogP contribution in [0.3, 0.4) is 0 Å². The maximum absolute atomic E-state index is 5.69. The standard InChI is InChI=1S/C13H20O2Si/c1-3-7-12(8-4-1)11-14-16-15-13-9-5-2-6-10-13/h2,5-6,9-10,12H,1,3-4,7-8,11,16H2. The lowest BCUT2D eigenvalue weighted by Gasteiger charge is -2.21. The first kappa shape index (κ1) is 11.7. The average Bonchev–Trinajstić information content (AvgIpc) is 2.37. The van der Waals surface area contributed by atoms with Crippen LogP contribution in [-0.2, 0) is 4.43 Å². The molecule has 3 heteroatoms. The summed E-state index contributed by atoms with van der Waals surface area (Å²) >= 11 is 0. The van der Waals surface area contributed by atoms with Gasteiger partial charge in [-0.2, -0.15) is 0 Å². The second-order valence-corrected chi connectivity index (χ2v) is 5.38. The molecule has 1 saturated carbocycles. The first-order valence-corrected chi connectivity index (χ1v) is 7.36. The summed E-state index contributed by atoms with van der Waals surface area (Å²) in [5.74, 6) is 1.73. The molecule has 0 aliphatic heterocycles. The van der Waals surface area contributed by atoms with Crippen molar-refractivity contribution in [2.45, 2.75) is 32.1 Å². The molecule has 0 amide bonds. The van der Waals surface area contributed by atoms with Crippen molar-refractivity contribution >= 4 is 10.0 Å². The summed E-state index contributed by atoms with van der Waals surface area (Å²) < 4.78 is 11.3. The lowest BCUT2D eigenvalue weighted by molar-refractivity contribution is 0.197. The van der Waals surface area contributed by atoms with E-state index in [-0.39, 0.29) is 0 Å². The van der Waals surface area contributed by atoms with E-state index in [4.69, 9.17) is 8.85 Å². The van der Waals surface area contributed by atoms with Gasteiger partial charge in [-0.1, -0.05) is 37.5 Å². The topological polar surface area (TPSA) is 18.5 Å². The van der Waals surface area contributed by atoms with Crippen molar-refractivity contribution in [2.24, 2.45) is 5.92 Å². The van der Waals surface area contributed by atoms with Gasteiger partial charge in [-0.15, -0.1) is 0 Å². The third-order valence-electron chi connectivity index (χ3n) is 3.13. The van der Waals surface area contributed by atoms with E-state index in [9.17, 15) is 0 Å². The molecule has 2 rings (SSSR count). The zero-order valence-corrected chi connectivity index (χ0v) is 11.1. The fraction of sp³-hybridized carbons (Fsp3) is 0.538. The molecule has 2 nitrogen and oxygen atoms in total. The minimum absolute atomic E-state index is 0.792. The van der Waals surface area contributed by atoms with Crippen LogP contribution in [-0.4, -0.2) is 16.6 Å². The van der Waals surface area contributed by atoms with E-state index in [1.54, 1.807) is 0 Å². The molecule has 0 atom stereocenters. The first-order chi connectivity index (χ1) is 7.95. The van der Waals surface area contributed by atoms with E-state index >= 15 is 0 Å². The Bertz CT molecular complexity index is 283. The summed E-state index contributed by atoms with van der Waals surface area (Å²) in [6, 6.07) is 9.95. The normalized spacial score (nSPS) is 18.0. The molecule has 1 aromatic rings. The van der Waals surface area contributed by atoms with Crippen LogP contribution in [0, 0.1) is 5.92 Å². The average molecular weight is 236 g/mol. The van der Waals surface area contributed by atoms with E-state index < -0.39 is 10.0 Å². The van der Waals surface area contributed by atoms with Gasteiger partial charge < -0.3 is 8.85 Å². The maximum Gasteiger partial charge on any atom is 0.365 e. The predicted molar refractivity (Wildman–Crippen MR) is 68.1 cm³/mol. The minimum Gasteiger partial charge on any atom is -0.525 e. The lowest BCUT2D eigenvalue weighted by atomic mass is 9.90. The van der Waals surface area contributed by atoms with Crippen molar-refractivity contribution in [3.63, 3.8) is 0 Å². The zero-order chi connectivity index (χ0) is 11.1. The molecule has 0 N–H and O–H groups in total. The third kappa shape index (κ3) is 3.98. The Morgan fingerprint density at radius 3 is 2.56 bits per heavy atom. The monoisotopic (exact) mass is 236 g/mol. The summed E-state index contributed by atoms with van der Waals surface area (Å²) in [6.45, 7) is 0.916. The van der Waals surface area contributed by atoms with Crippen molar-refractivity contribution in [3.05, 3.63) is 30.3 Å². The Balaban J connectivity index is 1.58. The zero-order valence-electron chi connectivity index (χ0n) is 9.73. The van der Waals surface area contributed by atoms with Crippen molar-refractivity contribution in [1.29, 1.82) is 0 Å². The molecule has 0 heterocycles. The van der Waals surface area contributed by atoms with Crippen LogP contribution in [0.1, 0.15) is 32.1 Å². The highest BCUT2D eigenvalue weighted by Gasteiger charge is 2.13. The fourth-order valence-electron chi connectivity index (χ4n) is 2.20. The van der Waals surface area contributed by atoms with Crippen LogP contribution in [0.5, 0.6) is 5.75 Å². The largest absolute Gasteiger partial charge is 0.525 e. The van der Waals surface area contributed by atoms with Gasteiger partial charge in [0, 0.05) is 6.61 Å². The summed E-state index contributed by atoms with van der Waals surface area (Å²) in [7, 11) is -0.832. The van der Waals surface area contributed by atoms with Gasteiger partial charge in [0.2, 0.25) is 0 Å². The van der Waals surface area contributed by atoms with Crippen molar-refractivity contribution in [2.75, 3.05) is 6.61 Å². The Morgan fingerprint density at radius 1 is 1.06 bits per heavy atom. The molecular formula is C13H20O2Si. The minimum atomic E-state index is -0.832. The summed E-state index contributed by atoms with van der Waals surface area (Å²) in [5, 5.41) is 0. The van der Waals surface area contributed by atoms with Gasteiger partial charge in [-0.25, -0.2) is 0 Å². The Morgan fingerprint density at radius 2 is 1.81 bits per heavy atom. The highest BCUT2D eigenvalue weighted by atomic mass is 28.3. The van der Waals surface area contributed by atoms with Gasteiger partial charge in [-0.3, -0.25) is 0 Å². The van der Waals surface area contributed by atoms with E-state index in [0.29, 0.717) is 0 Å². The number of hydrogen-bond acceptors (Lipinski definition) is 2. The van der Waals surface area contributed by atoms with Crippen molar-refractivity contribution in [1.82, 2.24) is 0 Å². The Kier molecular flexibility index (Phi) is 4.90. The quantitative estimate of drug-likeness (QED) is 0.578. The molecule has 16 heavy (non-hydrogen) atoms. The lowest BCUT2D eigenvalue weighted by Crippen LogP contribution is -2.17. The van der Waals surface area contributed by atoms with Gasteiger partial charge >= 0.3 is 10.0 Å². The van der Waals surface area contributed by atoms with Gasteiger partial charge in [0.05, 0.1) is 0 Å². The number of rotatable bonds is 5.